The molecule has 2 aromatic heterocycles. The minimum absolute atomic E-state index is 0.0351. The summed E-state index contributed by atoms with van der Waals surface area (Å²) in [6.07, 6.45) is -4.22. The Bertz CT molecular complexity index is 1080. The maximum absolute atomic E-state index is 12.4. The Hall–Kier alpha value is -1.88. The van der Waals surface area contributed by atoms with Crippen LogP contribution in [0.25, 0.3) is 11.2 Å². The average molecular weight is 508 g/mol. The number of anilines is 1. The Morgan fingerprint density at radius 1 is 1.45 bits per heavy atom. The summed E-state index contributed by atoms with van der Waals surface area (Å²) in [6.45, 7) is 0.566. The summed E-state index contributed by atoms with van der Waals surface area (Å²) >= 11 is 1.15. The van der Waals surface area contributed by atoms with Crippen LogP contribution in [-0.2, 0) is 23.3 Å². The van der Waals surface area contributed by atoms with E-state index < -0.39 is 38.3 Å². The van der Waals surface area contributed by atoms with Gasteiger partial charge in [-0.05, 0) is 0 Å². The van der Waals surface area contributed by atoms with Gasteiger partial charge in [-0.1, -0.05) is 0 Å². The Balaban J connectivity index is 1.60. The zero-order valence-corrected chi connectivity index (χ0v) is 19.3. The average Bonchev–Trinajstić information content (AvgIpc) is 3.25. The van der Waals surface area contributed by atoms with Crippen molar-refractivity contribution in [3.8, 4) is 0 Å². The summed E-state index contributed by atoms with van der Waals surface area (Å²) < 4.78 is 22.2. The molecule has 33 heavy (non-hydrogen) atoms. The number of aliphatic hydroxyl groups is 1. The summed E-state index contributed by atoms with van der Waals surface area (Å²) in [5.41, 5.74) is 5.14. The van der Waals surface area contributed by atoms with Crippen molar-refractivity contribution < 1.29 is 38.2 Å². The number of thioether (sulfide) groups is 1. The third-order valence-electron chi connectivity index (χ3n) is 5.01. The first kappa shape index (κ1) is 24.3. The number of aliphatic hydroxyl groups excluding tert-OH is 1. The fourth-order valence-electron chi connectivity index (χ4n) is 3.54. The van der Waals surface area contributed by atoms with Crippen LogP contribution in [0.4, 0.5) is 5.95 Å². The first-order chi connectivity index (χ1) is 15.7. The number of imidazole rings is 1. The molecule has 2 aliphatic rings. The van der Waals surface area contributed by atoms with E-state index >= 15 is 0 Å². The molecule has 2 unspecified atom stereocenters. The monoisotopic (exact) mass is 508 g/mol. The molecule has 1 amide bonds. The van der Waals surface area contributed by atoms with Gasteiger partial charge in [-0.15, -0.1) is 0 Å². The molecule has 0 aromatic carbocycles. The van der Waals surface area contributed by atoms with Crippen molar-refractivity contribution in [2.45, 2.75) is 36.1 Å². The van der Waals surface area contributed by atoms with Gasteiger partial charge in [-0.3, -0.25) is 0 Å². The number of hydrogen-bond acceptors (Lipinski definition) is 13. The van der Waals surface area contributed by atoms with Crippen LogP contribution in [0.2, 0.25) is 0 Å². The fourth-order valence-corrected chi connectivity index (χ4v) is 5.59. The van der Waals surface area contributed by atoms with Crippen molar-refractivity contribution in [2.24, 2.45) is 0 Å². The van der Waals surface area contributed by atoms with E-state index in [4.69, 9.17) is 24.3 Å². The molecule has 4 heterocycles. The SMILES string of the molecule is COCCNC(=O)CCSc1nc2c(=O)[nH]c(N)nc2n1[C@@H]1OC2CO[PH](O)(O)O[C@H]2C1O. The number of nitrogens with zero attached hydrogens (tertiary/aromatic N) is 3. The first-order valence-electron chi connectivity index (χ1n) is 9.96. The number of nitrogens with one attached hydrogen (secondary N) is 2. The number of methoxy groups -OCH3 is 1. The Kier molecular flexibility index (Phi) is 7.18. The molecule has 4 rings (SSSR count). The number of ether oxygens (including phenoxy) is 2. The van der Waals surface area contributed by atoms with E-state index in [0.29, 0.717) is 18.9 Å². The molecule has 15 nitrogen and oxygen atoms in total. The van der Waals surface area contributed by atoms with Crippen molar-refractivity contribution in [2.75, 3.05) is 38.4 Å². The number of fused-ring (bicyclic) bond motifs is 2. The molecule has 184 valence electrons. The second-order valence-electron chi connectivity index (χ2n) is 7.33. The van der Waals surface area contributed by atoms with Crippen molar-refractivity contribution in [1.82, 2.24) is 24.8 Å². The van der Waals surface area contributed by atoms with E-state index in [-0.39, 0.29) is 41.2 Å². The molecule has 0 saturated carbocycles. The first-order valence-corrected chi connectivity index (χ1v) is 12.7. The van der Waals surface area contributed by atoms with E-state index in [1.54, 1.807) is 0 Å². The van der Waals surface area contributed by atoms with Gasteiger partial charge in [0.2, 0.25) is 0 Å². The third kappa shape index (κ3) is 5.13. The molecule has 4 atom stereocenters. The summed E-state index contributed by atoms with van der Waals surface area (Å²) in [5, 5.41) is 13.8. The van der Waals surface area contributed by atoms with E-state index in [1.807, 2.05) is 0 Å². The molecule has 2 aromatic rings. The molecule has 0 bridgehead atoms. The predicted molar refractivity (Wildman–Crippen MR) is 116 cm³/mol. The van der Waals surface area contributed by atoms with Crippen LogP contribution in [-0.4, -0.2) is 91.3 Å². The van der Waals surface area contributed by atoms with Crippen LogP contribution >= 0.6 is 19.9 Å². The van der Waals surface area contributed by atoms with E-state index in [1.165, 1.54) is 11.7 Å². The molecule has 17 heteroatoms. The molecule has 2 aliphatic heterocycles. The number of carbonyl (C=O) groups is 1. The third-order valence-corrected chi connectivity index (χ3v) is 7.09. The molecule has 2 fully saturated rings. The number of carbonyl (C=O) groups excluding carboxylic acids is 1. The quantitative estimate of drug-likeness (QED) is 0.130. The van der Waals surface area contributed by atoms with Crippen LogP contribution in [0.1, 0.15) is 12.6 Å². The topological polar surface area (TPSA) is 216 Å². The standard InChI is InChI=1S/C16H25N6O9PS/c1-28-4-3-18-8(23)2-5-33-16-19-9-12(20-15(17)21-13(9)25)22(16)14-10(24)11-7(30-14)6-29-32(26,27)31-11/h7,10-11,14,24,26-27,32H,2-6H2,1H3,(H,18,23)(H3,17,20,21,25)/t7?,10?,11-,14-/m1/s1. The Labute approximate surface area is 191 Å². The number of aromatic nitrogens is 4. The predicted octanol–water partition coefficient (Wildman–Crippen LogP) is -1.99. The number of amides is 1. The van der Waals surface area contributed by atoms with Crippen LogP contribution < -0.4 is 16.6 Å². The Morgan fingerprint density at radius 2 is 2.24 bits per heavy atom. The van der Waals surface area contributed by atoms with Gasteiger partial charge in [-0.25, -0.2) is 0 Å². The van der Waals surface area contributed by atoms with Gasteiger partial charge in [0.15, 0.2) is 0 Å². The fraction of sp³-hybridized carbons (Fsp3) is 0.625. The molecule has 0 aliphatic carbocycles. The number of aromatic amines is 1. The number of hydrogen-bond donors (Lipinski definition) is 6. The number of nitrogen functional groups attached to an aromatic ring is 1. The minimum atomic E-state index is -4.38. The second-order valence-corrected chi connectivity index (χ2v) is 10.0. The van der Waals surface area contributed by atoms with Crippen LogP contribution in [0.5, 0.6) is 0 Å². The summed E-state index contributed by atoms with van der Waals surface area (Å²) in [4.78, 5) is 54.6. The van der Waals surface area contributed by atoms with E-state index in [9.17, 15) is 24.5 Å². The van der Waals surface area contributed by atoms with Crippen LogP contribution in [0.15, 0.2) is 9.95 Å². The maximum atomic E-state index is 12.4. The van der Waals surface area contributed by atoms with Crippen LogP contribution in [0.3, 0.4) is 0 Å². The molecular weight excluding hydrogens is 483 g/mol. The zero-order chi connectivity index (χ0) is 23.8. The Morgan fingerprint density at radius 3 is 3.00 bits per heavy atom. The normalized spacial score (nSPS) is 27.4. The molecule has 0 radical (unpaired) electrons. The van der Waals surface area contributed by atoms with Crippen molar-refractivity contribution in [1.29, 1.82) is 0 Å². The molecule has 0 spiro atoms. The van der Waals surface area contributed by atoms with Crippen LogP contribution in [0, 0.1) is 0 Å². The van der Waals surface area contributed by atoms with E-state index in [2.05, 4.69) is 20.3 Å². The van der Waals surface area contributed by atoms with Gasteiger partial charge in [-0.2, -0.15) is 0 Å². The van der Waals surface area contributed by atoms with Crippen molar-refractivity contribution >= 4 is 43.0 Å². The number of rotatable bonds is 8. The van der Waals surface area contributed by atoms with Gasteiger partial charge < -0.3 is 4.74 Å². The van der Waals surface area contributed by atoms with Gasteiger partial charge in [0.25, 0.3) is 0 Å². The number of H-pyrrole nitrogens is 1. The summed E-state index contributed by atoms with van der Waals surface area (Å²) in [5.74, 6) is -0.0543. The number of nitrogens with two attached hydrogens (primary N) is 1. The van der Waals surface area contributed by atoms with E-state index in [0.717, 1.165) is 11.8 Å². The van der Waals surface area contributed by atoms with Gasteiger partial charge in [0.1, 0.15) is 0 Å². The van der Waals surface area contributed by atoms with Gasteiger partial charge in [0.05, 0.1) is 6.61 Å². The second kappa shape index (κ2) is 9.77. The van der Waals surface area contributed by atoms with Crippen molar-refractivity contribution in [3.63, 3.8) is 0 Å². The summed E-state index contributed by atoms with van der Waals surface area (Å²) in [7, 11) is -2.85. The zero-order valence-electron chi connectivity index (χ0n) is 17.5. The van der Waals surface area contributed by atoms with Gasteiger partial charge >= 0.3 is 172 Å². The molecule has 7 N–H and O–H groups in total. The summed E-state index contributed by atoms with van der Waals surface area (Å²) in [6, 6.07) is 0. The van der Waals surface area contributed by atoms with Gasteiger partial charge in [0, 0.05) is 7.11 Å². The van der Waals surface area contributed by atoms with Crippen molar-refractivity contribution in [3.05, 3.63) is 10.4 Å². The molecule has 2 saturated heterocycles. The molecular formula is C16H25N6O9PS.